The molecule has 1 aromatic carbocycles. The minimum atomic E-state index is 0.0511. The maximum atomic E-state index is 12.8. The highest BCUT2D eigenvalue weighted by Gasteiger charge is 2.43. The van der Waals surface area contributed by atoms with Crippen LogP contribution in [-0.2, 0) is 11.2 Å². The van der Waals surface area contributed by atoms with E-state index in [0.717, 1.165) is 47.7 Å². The van der Waals surface area contributed by atoms with E-state index in [2.05, 4.69) is 9.97 Å². The second kappa shape index (κ2) is 5.89. The lowest BCUT2D eigenvalue weighted by Crippen LogP contribution is -2.44. The molecule has 1 saturated heterocycles. The van der Waals surface area contributed by atoms with Gasteiger partial charge < -0.3 is 9.64 Å². The Kier molecular flexibility index (Phi) is 3.71. The zero-order valence-corrected chi connectivity index (χ0v) is 14.0. The molecule has 0 N–H and O–H groups in total. The predicted molar refractivity (Wildman–Crippen MR) is 89.8 cm³/mol. The molecular weight excluding hydrogens is 302 g/mol. The van der Waals surface area contributed by atoms with Gasteiger partial charge in [-0.25, -0.2) is 9.97 Å². The average molecular weight is 323 g/mol. The summed E-state index contributed by atoms with van der Waals surface area (Å²) in [6.07, 6.45) is 4.73. The molecule has 5 heteroatoms. The molecule has 3 heterocycles. The Morgan fingerprint density at radius 2 is 2.21 bits per heavy atom. The van der Waals surface area contributed by atoms with Crippen molar-refractivity contribution in [3.8, 4) is 5.75 Å². The number of ether oxygens (including phenoxy) is 1. The van der Waals surface area contributed by atoms with Crippen LogP contribution in [0.1, 0.15) is 41.5 Å². The van der Waals surface area contributed by atoms with Crippen molar-refractivity contribution in [2.45, 2.75) is 45.2 Å². The molecule has 0 radical (unpaired) electrons. The van der Waals surface area contributed by atoms with Gasteiger partial charge in [-0.2, -0.15) is 0 Å². The first kappa shape index (κ1) is 15.1. The monoisotopic (exact) mass is 323 g/mol. The fourth-order valence-corrected chi connectivity index (χ4v) is 3.88. The Morgan fingerprint density at radius 3 is 3.04 bits per heavy atom. The number of benzene rings is 1. The van der Waals surface area contributed by atoms with E-state index in [4.69, 9.17) is 4.74 Å². The SMILES string of the molecule is Cc1cccc(OCC(=O)N2C3CCC2c2cnc(C)nc2C3)c1. The van der Waals surface area contributed by atoms with Gasteiger partial charge in [0.25, 0.3) is 5.91 Å². The Labute approximate surface area is 141 Å². The maximum Gasteiger partial charge on any atom is 0.261 e. The van der Waals surface area contributed by atoms with Gasteiger partial charge in [-0.05, 0) is 44.4 Å². The van der Waals surface area contributed by atoms with Crippen LogP contribution in [0.25, 0.3) is 0 Å². The van der Waals surface area contributed by atoms with Crippen LogP contribution in [0.4, 0.5) is 0 Å². The molecule has 2 atom stereocenters. The van der Waals surface area contributed by atoms with E-state index in [-0.39, 0.29) is 24.6 Å². The highest BCUT2D eigenvalue weighted by molar-refractivity contribution is 5.79. The third-order valence-corrected chi connectivity index (χ3v) is 4.95. The Balaban J connectivity index is 1.50. The molecule has 2 aliphatic rings. The number of rotatable bonds is 3. The number of fused-ring (bicyclic) bond motifs is 4. The van der Waals surface area contributed by atoms with Gasteiger partial charge in [0.15, 0.2) is 6.61 Å². The van der Waals surface area contributed by atoms with E-state index in [1.807, 2.05) is 49.2 Å². The van der Waals surface area contributed by atoms with Crippen molar-refractivity contribution < 1.29 is 9.53 Å². The summed E-state index contributed by atoms with van der Waals surface area (Å²) >= 11 is 0. The molecular formula is C19H21N3O2. The average Bonchev–Trinajstić information content (AvgIpc) is 2.88. The minimum Gasteiger partial charge on any atom is -0.484 e. The van der Waals surface area contributed by atoms with Gasteiger partial charge in [0, 0.05) is 24.2 Å². The van der Waals surface area contributed by atoms with Crippen LogP contribution >= 0.6 is 0 Å². The van der Waals surface area contributed by atoms with Gasteiger partial charge in [-0.1, -0.05) is 12.1 Å². The number of hydrogen-bond acceptors (Lipinski definition) is 4. The van der Waals surface area contributed by atoms with Gasteiger partial charge in [0.05, 0.1) is 11.7 Å². The molecule has 1 fully saturated rings. The fraction of sp³-hybridized carbons (Fsp3) is 0.421. The topological polar surface area (TPSA) is 55.3 Å². The standard InChI is InChI=1S/C19H21N3O2/c1-12-4-3-5-15(8-12)24-11-19(23)22-14-6-7-18(22)16-10-20-13(2)21-17(16)9-14/h3-5,8,10,14,18H,6-7,9,11H2,1-2H3. The molecule has 4 rings (SSSR count). The summed E-state index contributed by atoms with van der Waals surface area (Å²) in [5, 5.41) is 0. The molecule has 0 aliphatic carbocycles. The van der Waals surface area contributed by atoms with Crippen molar-refractivity contribution in [1.82, 2.24) is 14.9 Å². The fourth-order valence-electron chi connectivity index (χ4n) is 3.88. The summed E-state index contributed by atoms with van der Waals surface area (Å²) in [7, 11) is 0. The number of aryl methyl sites for hydroxylation is 2. The number of carbonyl (C=O) groups is 1. The molecule has 1 amide bonds. The summed E-state index contributed by atoms with van der Waals surface area (Å²) in [5.74, 6) is 1.60. The molecule has 2 aliphatic heterocycles. The first-order valence-corrected chi connectivity index (χ1v) is 8.45. The molecule has 0 spiro atoms. The van der Waals surface area contributed by atoms with E-state index in [1.54, 1.807) is 0 Å². The van der Waals surface area contributed by atoms with Crippen LogP contribution in [0.5, 0.6) is 5.75 Å². The van der Waals surface area contributed by atoms with E-state index in [0.29, 0.717) is 0 Å². The molecule has 1 aromatic heterocycles. The number of nitrogens with zero attached hydrogens (tertiary/aromatic N) is 3. The highest BCUT2D eigenvalue weighted by Crippen LogP contribution is 2.42. The normalized spacial score (nSPS) is 21.5. The molecule has 24 heavy (non-hydrogen) atoms. The lowest BCUT2D eigenvalue weighted by Gasteiger charge is -2.35. The van der Waals surface area contributed by atoms with Crippen molar-refractivity contribution in [3.05, 3.63) is 53.1 Å². The summed E-state index contributed by atoms with van der Waals surface area (Å²) in [6.45, 7) is 4.01. The summed E-state index contributed by atoms with van der Waals surface area (Å²) in [6, 6.07) is 8.13. The van der Waals surface area contributed by atoms with Crippen LogP contribution in [0.3, 0.4) is 0 Å². The van der Waals surface area contributed by atoms with Crippen molar-refractivity contribution in [3.63, 3.8) is 0 Å². The number of amides is 1. The lowest BCUT2D eigenvalue weighted by molar-refractivity contribution is -0.137. The highest BCUT2D eigenvalue weighted by atomic mass is 16.5. The second-order valence-corrected chi connectivity index (χ2v) is 6.68. The maximum absolute atomic E-state index is 12.8. The van der Waals surface area contributed by atoms with Crippen LogP contribution in [0, 0.1) is 13.8 Å². The first-order valence-electron chi connectivity index (χ1n) is 8.45. The lowest BCUT2D eigenvalue weighted by atomic mass is 9.99. The molecule has 124 valence electrons. The molecule has 2 aromatic rings. The molecule has 2 unspecified atom stereocenters. The van der Waals surface area contributed by atoms with E-state index in [1.165, 1.54) is 0 Å². The summed E-state index contributed by atoms with van der Waals surface area (Å²) in [5.41, 5.74) is 3.34. The minimum absolute atomic E-state index is 0.0511. The van der Waals surface area contributed by atoms with Crippen LogP contribution in [0.15, 0.2) is 30.5 Å². The Morgan fingerprint density at radius 1 is 1.33 bits per heavy atom. The van der Waals surface area contributed by atoms with Crippen LogP contribution in [-0.4, -0.2) is 33.4 Å². The summed E-state index contributed by atoms with van der Waals surface area (Å²) in [4.78, 5) is 23.6. The Bertz CT molecular complexity index is 790. The first-order chi connectivity index (χ1) is 11.6. The van der Waals surface area contributed by atoms with Crippen molar-refractivity contribution in [2.75, 3.05) is 6.61 Å². The third kappa shape index (κ3) is 2.64. The largest absolute Gasteiger partial charge is 0.484 e. The third-order valence-electron chi connectivity index (χ3n) is 4.95. The second-order valence-electron chi connectivity index (χ2n) is 6.68. The van der Waals surface area contributed by atoms with Gasteiger partial charge in [-0.15, -0.1) is 0 Å². The van der Waals surface area contributed by atoms with E-state index in [9.17, 15) is 4.79 Å². The van der Waals surface area contributed by atoms with Gasteiger partial charge >= 0.3 is 0 Å². The van der Waals surface area contributed by atoms with E-state index >= 15 is 0 Å². The van der Waals surface area contributed by atoms with Crippen molar-refractivity contribution in [2.24, 2.45) is 0 Å². The molecule has 2 bridgehead atoms. The quantitative estimate of drug-likeness (QED) is 0.871. The molecule has 0 saturated carbocycles. The Hall–Kier alpha value is -2.43. The van der Waals surface area contributed by atoms with Crippen LogP contribution in [0.2, 0.25) is 0 Å². The smallest absolute Gasteiger partial charge is 0.261 e. The number of hydrogen-bond donors (Lipinski definition) is 0. The van der Waals surface area contributed by atoms with Crippen molar-refractivity contribution in [1.29, 1.82) is 0 Å². The number of aromatic nitrogens is 2. The molecule has 5 nitrogen and oxygen atoms in total. The van der Waals surface area contributed by atoms with Gasteiger partial charge in [0.1, 0.15) is 11.6 Å². The number of carbonyl (C=O) groups excluding carboxylic acids is 1. The zero-order chi connectivity index (χ0) is 16.7. The van der Waals surface area contributed by atoms with E-state index < -0.39 is 0 Å². The van der Waals surface area contributed by atoms with Gasteiger partial charge in [0.2, 0.25) is 0 Å². The summed E-state index contributed by atoms with van der Waals surface area (Å²) < 4.78 is 5.71. The zero-order valence-electron chi connectivity index (χ0n) is 14.0. The predicted octanol–water partition coefficient (Wildman–Crippen LogP) is 2.76. The van der Waals surface area contributed by atoms with Crippen LogP contribution < -0.4 is 4.74 Å². The van der Waals surface area contributed by atoms with Crippen molar-refractivity contribution >= 4 is 5.91 Å². The van der Waals surface area contributed by atoms with Gasteiger partial charge in [-0.3, -0.25) is 4.79 Å².